The van der Waals surface area contributed by atoms with Crippen LogP contribution in [0.2, 0.25) is 0 Å². The normalized spacial score (nSPS) is 11.3. The van der Waals surface area contributed by atoms with Crippen molar-refractivity contribution in [3.05, 3.63) is 313 Å². The van der Waals surface area contributed by atoms with Gasteiger partial charge in [0.25, 0.3) is 0 Å². The number of benzene rings is 10. The minimum atomic E-state index is 1.09. The molecule has 14 rings (SSSR count). The highest BCUT2D eigenvalue weighted by Gasteiger charge is 2.20. The Morgan fingerprint density at radius 1 is 0.186 bits per heavy atom. The average Bonchev–Trinajstić information content (AvgIpc) is 2.13. The largest absolute Gasteiger partial charge is 0.311 e. The number of aryl methyl sites for hydroxylation is 4. The first-order chi connectivity index (χ1) is 42.2. The van der Waals surface area contributed by atoms with Gasteiger partial charge in [-0.05, 0) is 203 Å². The van der Waals surface area contributed by atoms with Gasteiger partial charge in [-0.25, -0.2) is 0 Å². The van der Waals surface area contributed by atoms with Gasteiger partial charge < -0.3 is 9.80 Å². The fourth-order valence-corrected chi connectivity index (χ4v) is 16.3. The Kier molecular flexibility index (Phi) is 15.2. The van der Waals surface area contributed by atoms with Crippen LogP contribution in [0.15, 0.2) is 291 Å². The van der Waals surface area contributed by atoms with Gasteiger partial charge >= 0.3 is 0 Å². The molecule has 0 aliphatic carbocycles. The van der Waals surface area contributed by atoms with E-state index in [1.807, 2.05) is 45.3 Å². The summed E-state index contributed by atoms with van der Waals surface area (Å²) in [5, 5.41) is 0. The van der Waals surface area contributed by atoms with Crippen molar-refractivity contribution in [2.75, 3.05) is 9.80 Å². The molecule has 4 heterocycles. The van der Waals surface area contributed by atoms with E-state index in [0.717, 1.165) is 45.3 Å². The van der Waals surface area contributed by atoms with E-state index in [4.69, 9.17) is 0 Å². The van der Waals surface area contributed by atoms with E-state index in [9.17, 15) is 0 Å². The van der Waals surface area contributed by atoms with Crippen LogP contribution in [-0.2, 0) is 0 Å². The molecule has 10 aromatic carbocycles. The molecule has 414 valence electrons. The van der Waals surface area contributed by atoms with E-state index < -0.39 is 0 Å². The van der Waals surface area contributed by atoms with E-state index in [-0.39, 0.29) is 0 Å². The molecule has 0 aliphatic heterocycles. The SMILES string of the molecule is Cc1cc(-c2ccccc2)sc1-c1ccc(N(c2ccc(-c3ccc(N(c4ccc(-c5sc(-c6ccccc6)cc5C)cc4)c4ccc(-c5sc(-c6ccccc6)cc5C)cc4)cc3)cc2)c2ccc(-c3sc(-c4ccccc4)cc3C)cc2)cc1. The Morgan fingerprint density at radius 3 is 0.547 bits per heavy atom. The Hall–Kier alpha value is -9.40. The van der Waals surface area contributed by atoms with Crippen molar-refractivity contribution < 1.29 is 0 Å². The summed E-state index contributed by atoms with van der Waals surface area (Å²) in [4.78, 5) is 15.1. The van der Waals surface area contributed by atoms with Crippen molar-refractivity contribution in [1.29, 1.82) is 0 Å². The average molecular weight is 1180 g/mol. The van der Waals surface area contributed by atoms with Crippen LogP contribution in [0, 0.1) is 27.7 Å². The Morgan fingerprint density at radius 2 is 0.360 bits per heavy atom. The van der Waals surface area contributed by atoms with Crippen LogP contribution in [0.4, 0.5) is 34.1 Å². The first-order valence-corrected chi connectivity index (χ1v) is 32.4. The van der Waals surface area contributed by atoms with Gasteiger partial charge in [-0.15, -0.1) is 45.3 Å². The maximum absolute atomic E-state index is 2.38. The van der Waals surface area contributed by atoms with Crippen LogP contribution in [-0.4, -0.2) is 0 Å². The number of hydrogen-bond acceptors (Lipinski definition) is 6. The van der Waals surface area contributed by atoms with Gasteiger partial charge in [0.15, 0.2) is 0 Å². The highest BCUT2D eigenvalue weighted by Crippen LogP contribution is 2.46. The zero-order valence-corrected chi connectivity index (χ0v) is 51.5. The molecule has 0 spiro atoms. The van der Waals surface area contributed by atoms with E-state index >= 15 is 0 Å². The smallest absolute Gasteiger partial charge is 0.0462 e. The lowest BCUT2D eigenvalue weighted by molar-refractivity contribution is 1.28. The van der Waals surface area contributed by atoms with Gasteiger partial charge in [-0.2, -0.15) is 0 Å². The summed E-state index contributed by atoms with van der Waals surface area (Å²) in [6, 6.07) is 107. The number of anilines is 6. The Balaban J connectivity index is 0.780. The third-order valence-electron chi connectivity index (χ3n) is 16.0. The first kappa shape index (κ1) is 54.5. The van der Waals surface area contributed by atoms with Crippen LogP contribution < -0.4 is 9.80 Å². The van der Waals surface area contributed by atoms with Crippen LogP contribution >= 0.6 is 45.3 Å². The molecule has 86 heavy (non-hydrogen) atoms. The zero-order chi connectivity index (χ0) is 58.1. The van der Waals surface area contributed by atoms with Crippen molar-refractivity contribution in [3.8, 4) is 94.7 Å². The summed E-state index contributed by atoms with van der Waals surface area (Å²) in [5.41, 5.74) is 23.9. The first-order valence-electron chi connectivity index (χ1n) is 29.1. The predicted molar refractivity (Wildman–Crippen MR) is 375 cm³/mol. The van der Waals surface area contributed by atoms with Crippen molar-refractivity contribution in [3.63, 3.8) is 0 Å². The van der Waals surface area contributed by atoms with Crippen molar-refractivity contribution >= 4 is 79.5 Å². The zero-order valence-electron chi connectivity index (χ0n) is 48.2. The summed E-state index contributed by atoms with van der Waals surface area (Å²) >= 11 is 7.43. The monoisotopic (exact) mass is 1180 g/mol. The lowest BCUT2D eigenvalue weighted by Gasteiger charge is -2.27. The molecule has 4 aromatic heterocycles. The standard InChI is InChI=1S/C80H60N2S4/c1-53-49-73(59-17-9-5-10-18-59)83-77(53)63-29-41-69(42-30-63)81(70-43-31-64(32-44-70)78-54(2)50-74(84-78)60-19-11-6-12-20-60)67-37-25-57(26-38-67)58-27-39-68(40-28-58)82(71-45-33-65(34-46-71)79-55(3)51-75(85-79)61-21-13-7-14-22-61)72-47-35-66(36-48-72)80-56(4)52-76(86-80)62-23-15-8-16-24-62/h5-52H,1-4H3. The predicted octanol–water partition coefficient (Wildman–Crippen LogP) is 25.1. The third kappa shape index (κ3) is 11.1. The molecule has 0 aliphatic rings. The second-order valence-electron chi connectivity index (χ2n) is 21.9. The number of hydrogen-bond donors (Lipinski definition) is 0. The molecule has 0 N–H and O–H groups in total. The molecule has 0 unspecified atom stereocenters. The van der Waals surface area contributed by atoms with Gasteiger partial charge in [-0.1, -0.05) is 194 Å². The summed E-state index contributed by atoms with van der Waals surface area (Å²) in [5.74, 6) is 0. The molecule has 2 nitrogen and oxygen atoms in total. The van der Waals surface area contributed by atoms with E-state index in [0.29, 0.717) is 0 Å². The summed E-state index contributed by atoms with van der Waals surface area (Å²) < 4.78 is 0. The molecular formula is C80H60N2S4. The second kappa shape index (κ2) is 23.9. The summed E-state index contributed by atoms with van der Waals surface area (Å²) in [6.07, 6.45) is 0. The second-order valence-corrected chi connectivity index (χ2v) is 26.1. The topological polar surface area (TPSA) is 6.48 Å². The quantitative estimate of drug-likeness (QED) is 0.101. The highest BCUT2D eigenvalue weighted by atomic mass is 32.1. The van der Waals surface area contributed by atoms with Gasteiger partial charge in [-0.3, -0.25) is 0 Å². The van der Waals surface area contributed by atoms with E-state index in [2.05, 4.69) is 329 Å². The van der Waals surface area contributed by atoms with Gasteiger partial charge in [0.2, 0.25) is 0 Å². The van der Waals surface area contributed by atoms with Crippen molar-refractivity contribution in [1.82, 2.24) is 0 Å². The van der Waals surface area contributed by atoms with Crippen LogP contribution in [0.1, 0.15) is 22.3 Å². The molecular weight excluding hydrogens is 1120 g/mol. The van der Waals surface area contributed by atoms with Crippen LogP contribution in [0.5, 0.6) is 0 Å². The molecule has 0 atom stereocenters. The van der Waals surface area contributed by atoms with E-state index in [1.165, 1.54) is 106 Å². The molecule has 0 saturated carbocycles. The Bertz CT molecular complexity index is 4040. The van der Waals surface area contributed by atoms with Crippen molar-refractivity contribution in [2.24, 2.45) is 0 Å². The fraction of sp³-hybridized carbons (Fsp3) is 0.0500. The number of nitrogens with zero attached hydrogens (tertiary/aromatic N) is 2. The molecule has 0 amide bonds. The lowest BCUT2D eigenvalue weighted by Crippen LogP contribution is -2.10. The van der Waals surface area contributed by atoms with Gasteiger partial charge in [0.1, 0.15) is 0 Å². The molecule has 0 radical (unpaired) electrons. The van der Waals surface area contributed by atoms with E-state index in [1.54, 1.807) is 0 Å². The molecule has 0 fully saturated rings. The number of thiophene rings is 4. The maximum Gasteiger partial charge on any atom is 0.0462 e. The summed E-state index contributed by atoms with van der Waals surface area (Å²) in [6.45, 7) is 8.90. The van der Waals surface area contributed by atoms with Crippen LogP contribution in [0.3, 0.4) is 0 Å². The maximum atomic E-state index is 2.38. The fourth-order valence-electron chi connectivity index (χ4n) is 11.6. The number of rotatable bonds is 15. The summed E-state index contributed by atoms with van der Waals surface area (Å²) in [7, 11) is 0. The van der Waals surface area contributed by atoms with Gasteiger partial charge in [0, 0.05) is 73.1 Å². The van der Waals surface area contributed by atoms with Gasteiger partial charge in [0.05, 0.1) is 0 Å². The molecule has 0 saturated heterocycles. The van der Waals surface area contributed by atoms with Crippen molar-refractivity contribution in [2.45, 2.75) is 27.7 Å². The molecule has 14 aromatic rings. The Labute approximate surface area is 521 Å². The minimum Gasteiger partial charge on any atom is -0.311 e. The lowest BCUT2D eigenvalue weighted by atomic mass is 10.0. The minimum absolute atomic E-state index is 1.09. The molecule has 0 bridgehead atoms. The molecule has 6 heteroatoms. The highest BCUT2D eigenvalue weighted by molar-refractivity contribution is 7.20. The third-order valence-corrected chi connectivity index (χ3v) is 21.4. The van der Waals surface area contributed by atoms with Crippen LogP contribution in [0.25, 0.3) is 94.7 Å².